The molecule has 0 N–H and O–H groups in total. The second-order valence-corrected chi connectivity index (χ2v) is 6.74. The summed E-state index contributed by atoms with van der Waals surface area (Å²) in [5.74, 6) is 1.02. The summed E-state index contributed by atoms with van der Waals surface area (Å²) in [7, 11) is 1.51. The first-order chi connectivity index (χ1) is 12.7. The van der Waals surface area contributed by atoms with Gasteiger partial charge in [0.2, 0.25) is 0 Å². The molecule has 0 atom stereocenters. The van der Waals surface area contributed by atoms with Gasteiger partial charge in [0.25, 0.3) is 5.56 Å². The number of ether oxygens (including phenoxy) is 2. The summed E-state index contributed by atoms with van der Waals surface area (Å²) >= 11 is 5.93. The summed E-state index contributed by atoms with van der Waals surface area (Å²) in [5, 5.41) is 5.18. The monoisotopic (exact) mass is 374 g/mol. The number of nitrogens with zero attached hydrogens (tertiary/aromatic N) is 4. The summed E-state index contributed by atoms with van der Waals surface area (Å²) in [5.41, 5.74) is 1.20. The fourth-order valence-electron chi connectivity index (χ4n) is 3.27. The molecule has 0 unspecified atom stereocenters. The predicted molar refractivity (Wildman–Crippen MR) is 97.1 cm³/mol. The average molecular weight is 375 g/mol. The summed E-state index contributed by atoms with van der Waals surface area (Å²) < 4.78 is 13.9. The van der Waals surface area contributed by atoms with E-state index in [-0.39, 0.29) is 17.5 Å². The van der Waals surface area contributed by atoms with Crippen molar-refractivity contribution in [2.24, 2.45) is 0 Å². The van der Waals surface area contributed by atoms with Crippen molar-refractivity contribution in [3.8, 4) is 6.01 Å². The van der Waals surface area contributed by atoms with Crippen LogP contribution in [0.5, 0.6) is 6.01 Å². The van der Waals surface area contributed by atoms with Gasteiger partial charge in [0.15, 0.2) is 5.52 Å². The summed E-state index contributed by atoms with van der Waals surface area (Å²) in [6, 6.07) is 7.60. The van der Waals surface area contributed by atoms with Crippen LogP contribution in [0, 0.1) is 0 Å². The molecule has 7 nitrogen and oxygen atoms in total. The van der Waals surface area contributed by atoms with Crippen molar-refractivity contribution in [3.63, 3.8) is 0 Å². The third-order valence-corrected chi connectivity index (χ3v) is 4.92. The van der Waals surface area contributed by atoms with Crippen LogP contribution in [-0.2, 0) is 11.3 Å². The zero-order valence-corrected chi connectivity index (χ0v) is 15.1. The molecule has 1 saturated heterocycles. The Labute approximate surface area is 155 Å². The Bertz CT molecular complexity index is 975. The number of aromatic nitrogens is 4. The van der Waals surface area contributed by atoms with Gasteiger partial charge in [-0.1, -0.05) is 23.7 Å². The van der Waals surface area contributed by atoms with Crippen molar-refractivity contribution in [1.82, 2.24) is 19.2 Å². The first-order valence-electron chi connectivity index (χ1n) is 8.52. The SMILES string of the molecule is COc1nn2c(C3CCOCC3)ncc2c(=O)n1Cc1ccc(Cl)cc1. The van der Waals surface area contributed by atoms with Crippen molar-refractivity contribution in [1.29, 1.82) is 0 Å². The molecule has 2 aromatic heterocycles. The number of imidazole rings is 1. The highest BCUT2D eigenvalue weighted by atomic mass is 35.5. The van der Waals surface area contributed by atoms with Crippen LogP contribution in [0.2, 0.25) is 5.02 Å². The van der Waals surface area contributed by atoms with E-state index < -0.39 is 0 Å². The third-order valence-electron chi connectivity index (χ3n) is 4.67. The van der Waals surface area contributed by atoms with E-state index in [9.17, 15) is 4.79 Å². The number of rotatable bonds is 4. The van der Waals surface area contributed by atoms with Crippen molar-refractivity contribution in [2.45, 2.75) is 25.3 Å². The molecule has 0 amide bonds. The Balaban J connectivity index is 1.78. The molecule has 0 saturated carbocycles. The zero-order chi connectivity index (χ0) is 18.1. The van der Waals surface area contributed by atoms with Gasteiger partial charge in [0.1, 0.15) is 5.82 Å². The maximum atomic E-state index is 13.0. The lowest BCUT2D eigenvalue weighted by Crippen LogP contribution is -2.27. The molecule has 136 valence electrons. The van der Waals surface area contributed by atoms with Crippen LogP contribution in [0.3, 0.4) is 0 Å². The third kappa shape index (κ3) is 3.08. The molecular formula is C18H19ClN4O3. The topological polar surface area (TPSA) is 70.7 Å². The van der Waals surface area contributed by atoms with Gasteiger partial charge in [-0.15, -0.1) is 5.10 Å². The van der Waals surface area contributed by atoms with Crippen LogP contribution in [-0.4, -0.2) is 39.5 Å². The maximum absolute atomic E-state index is 13.0. The number of hydrogen-bond donors (Lipinski definition) is 0. The van der Waals surface area contributed by atoms with Crippen molar-refractivity contribution in [2.75, 3.05) is 20.3 Å². The molecule has 26 heavy (non-hydrogen) atoms. The van der Waals surface area contributed by atoms with E-state index >= 15 is 0 Å². The number of fused-ring (bicyclic) bond motifs is 1. The molecule has 1 aliphatic rings. The minimum absolute atomic E-state index is 0.183. The Morgan fingerprint density at radius 1 is 1.27 bits per heavy atom. The van der Waals surface area contributed by atoms with Crippen LogP contribution >= 0.6 is 11.6 Å². The molecule has 0 radical (unpaired) electrons. The molecular weight excluding hydrogens is 356 g/mol. The van der Waals surface area contributed by atoms with Crippen LogP contribution in [0.4, 0.5) is 0 Å². The highest BCUT2D eigenvalue weighted by molar-refractivity contribution is 6.30. The summed E-state index contributed by atoms with van der Waals surface area (Å²) in [6.07, 6.45) is 3.34. The largest absolute Gasteiger partial charge is 0.467 e. The molecule has 8 heteroatoms. The average Bonchev–Trinajstić information content (AvgIpc) is 3.10. The van der Waals surface area contributed by atoms with E-state index in [0.717, 1.165) is 24.2 Å². The van der Waals surface area contributed by atoms with E-state index in [1.807, 2.05) is 12.1 Å². The van der Waals surface area contributed by atoms with Crippen molar-refractivity contribution in [3.05, 3.63) is 57.2 Å². The van der Waals surface area contributed by atoms with Gasteiger partial charge in [-0.25, -0.2) is 9.50 Å². The van der Waals surface area contributed by atoms with Crippen molar-refractivity contribution < 1.29 is 9.47 Å². The first-order valence-corrected chi connectivity index (χ1v) is 8.90. The van der Waals surface area contributed by atoms with Gasteiger partial charge < -0.3 is 9.47 Å². The Morgan fingerprint density at radius 3 is 2.69 bits per heavy atom. The highest BCUT2D eigenvalue weighted by Crippen LogP contribution is 2.26. The van der Waals surface area contributed by atoms with Gasteiger partial charge in [-0.3, -0.25) is 9.36 Å². The lowest BCUT2D eigenvalue weighted by molar-refractivity contribution is 0.0832. The van der Waals surface area contributed by atoms with Crippen LogP contribution in [0.15, 0.2) is 35.3 Å². The quantitative estimate of drug-likeness (QED) is 0.701. The fourth-order valence-corrected chi connectivity index (χ4v) is 3.40. The van der Waals surface area contributed by atoms with Gasteiger partial charge in [0.05, 0.1) is 19.9 Å². The second-order valence-electron chi connectivity index (χ2n) is 6.30. The highest BCUT2D eigenvalue weighted by Gasteiger charge is 2.23. The molecule has 0 spiro atoms. The van der Waals surface area contributed by atoms with Gasteiger partial charge >= 0.3 is 6.01 Å². The van der Waals surface area contributed by atoms with E-state index in [1.165, 1.54) is 11.7 Å². The molecule has 3 aromatic rings. The predicted octanol–water partition coefficient (Wildman–Crippen LogP) is 2.50. The van der Waals surface area contributed by atoms with Gasteiger partial charge in [0, 0.05) is 24.2 Å². The minimum atomic E-state index is -0.183. The molecule has 3 heterocycles. The summed E-state index contributed by atoms with van der Waals surface area (Å²) in [4.78, 5) is 17.5. The van der Waals surface area contributed by atoms with E-state index in [4.69, 9.17) is 21.1 Å². The Hall–Kier alpha value is -2.38. The smallest absolute Gasteiger partial charge is 0.317 e. The molecule has 0 aliphatic carbocycles. The zero-order valence-electron chi connectivity index (χ0n) is 14.4. The lowest BCUT2D eigenvalue weighted by atomic mass is 10.00. The fraction of sp³-hybridized carbons (Fsp3) is 0.389. The van der Waals surface area contributed by atoms with Gasteiger partial charge in [-0.05, 0) is 30.5 Å². The molecule has 4 rings (SSSR count). The number of halogens is 1. The number of hydrogen-bond acceptors (Lipinski definition) is 5. The second kappa shape index (κ2) is 7.09. The van der Waals surface area contributed by atoms with Crippen molar-refractivity contribution >= 4 is 17.1 Å². The molecule has 1 fully saturated rings. The van der Waals surface area contributed by atoms with Gasteiger partial charge in [-0.2, -0.15) is 0 Å². The van der Waals surface area contributed by atoms with Crippen LogP contribution in [0.1, 0.15) is 30.1 Å². The Kier molecular flexibility index (Phi) is 4.65. The molecule has 1 aliphatic heterocycles. The molecule has 0 bridgehead atoms. The number of benzene rings is 1. The van der Waals surface area contributed by atoms with E-state index in [0.29, 0.717) is 30.3 Å². The number of methoxy groups -OCH3 is 1. The first kappa shape index (κ1) is 17.1. The Morgan fingerprint density at radius 2 is 2.00 bits per heavy atom. The standard InChI is InChI=1S/C18H19ClN4O3/c1-25-18-21-23-15(10-20-16(23)13-6-8-26-9-7-13)17(24)22(18)11-12-2-4-14(19)5-3-12/h2-5,10,13H,6-9,11H2,1H3. The lowest BCUT2D eigenvalue weighted by Gasteiger charge is -2.20. The van der Waals surface area contributed by atoms with Crippen LogP contribution < -0.4 is 10.3 Å². The van der Waals surface area contributed by atoms with Crippen LogP contribution in [0.25, 0.3) is 5.52 Å². The van der Waals surface area contributed by atoms with E-state index in [1.54, 1.807) is 22.8 Å². The minimum Gasteiger partial charge on any atom is -0.467 e. The van der Waals surface area contributed by atoms with E-state index in [2.05, 4.69) is 10.1 Å². The maximum Gasteiger partial charge on any atom is 0.317 e. The summed E-state index contributed by atoms with van der Waals surface area (Å²) in [6.45, 7) is 1.75. The normalized spacial score (nSPS) is 15.5. The molecule has 1 aromatic carbocycles.